The first kappa shape index (κ1) is 22.0. The molecule has 2 aromatic carbocycles. The molecule has 2 amide bonds. The third-order valence-corrected chi connectivity index (χ3v) is 6.21. The molecule has 0 aliphatic carbocycles. The first-order chi connectivity index (χ1) is 15.7. The summed E-state index contributed by atoms with van der Waals surface area (Å²) in [4.78, 5) is 38.9. The summed E-state index contributed by atoms with van der Waals surface area (Å²) >= 11 is 1.37. The van der Waals surface area contributed by atoms with Crippen LogP contribution in [-0.2, 0) is 11.3 Å². The van der Waals surface area contributed by atoms with E-state index in [9.17, 15) is 9.59 Å². The van der Waals surface area contributed by atoms with Crippen molar-refractivity contribution in [3.05, 3.63) is 84.3 Å². The number of benzene rings is 2. The highest BCUT2D eigenvalue weighted by atomic mass is 32.2. The van der Waals surface area contributed by atoms with Crippen LogP contribution in [0, 0.1) is 0 Å². The fourth-order valence-electron chi connectivity index (χ4n) is 3.50. The Bertz CT molecular complexity index is 1040. The van der Waals surface area contributed by atoms with E-state index in [2.05, 4.69) is 32.3 Å². The van der Waals surface area contributed by atoms with E-state index >= 15 is 0 Å². The summed E-state index contributed by atoms with van der Waals surface area (Å²) in [5.74, 6) is -0.480. The maximum absolute atomic E-state index is 12.7. The molecule has 1 saturated heterocycles. The predicted molar refractivity (Wildman–Crippen MR) is 123 cm³/mol. The van der Waals surface area contributed by atoms with E-state index in [4.69, 9.17) is 0 Å². The minimum Gasteiger partial charge on any atom is -0.342 e. The molecule has 0 atom stereocenters. The molecule has 0 saturated carbocycles. The lowest BCUT2D eigenvalue weighted by molar-refractivity contribution is -0.131. The van der Waals surface area contributed by atoms with Gasteiger partial charge in [-0.05, 0) is 17.7 Å². The van der Waals surface area contributed by atoms with Crippen LogP contribution >= 0.6 is 11.8 Å². The molecule has 7 nitrogen and oxygen atoms in total. The molecule has 1 fully saturated rings. The Labute approximate surface area is 191 Å². The van der Waals surface area contributed by atoms with Crippen molar-refractivity contribution in [1.82, 2.24) is 25.1 Å². The third-order valence-electron chi connectivity index (χ3n) is 5.21. The van der Waals surface area contributed by atoms with Crippen molar-refractivity contribution in [3.63, 3.8) is 0 Å². The molecule has 1 aliphatic heterocycles. The number of rotatable bonds is 7. The summed E-state index contributed by atoms with van der Waals surface area (Å²) in [7, 11) is 0. The van der Waals surface area contributed by atoms with Gasteiger partial charge in [-0.1, -0.05) is 60.3 Å². The Balaban J connectivity index is 1.27. The van der Waals surface area contributed by atoms with Gasteiger partial charge in [0, 0.05) is 50.0 Å². The number of carbonyl (C=O) groups excluding carboxylic acids is 2. The van der Waals surface area contributed by atoms with Gasteiger partial charge in [-0.3, -0.25) is 14.5 Å². The van der Waals surface area contributed by atoms with Crippen molar-refractivity contribution in [1.29, 1.82) is 0 Å². The zero-order chi connectivity index (χ0) is 22.2. The molecule has 0 radical (unpaired) electrons. The fraction of sp³-hybridized carbons (Fsp3) is 0.250. The van der Waals surface area contributed by atoms with E-state index in [1.807, 2.05) is 48.5 Å². The highest BCUT2D eigenvalue weighted by Crippen LogP contribution is 2.27. The van der Waals surface area contributed by atoms with Gasteiger partial charge < -0.3 is 10.2 Å². The molecule has 0 spiro atoms. The topological polar surface area (TPSA) is 78.4 Å². The van der Waals surface area contributed by atoms with Crippen LogP contribution in [0.5, 0.6) is 0 Å². The minimum atomic E-state index is -0.396. The molecular formula is C24H25N5O2S. The molecule has 3 aromatic rings. The maximum Gasteiger partial charge on any atom is 0.273 e. The number of nitrogens with zero attached hydrogens (tertiary/aromatic N) is 4. The number of hydrogen-bond acceptors (Lipinski definition) is 6. The van der Waals surface area contributed by atoms with Gasteiger partial charge in [0.05, 0.1) is 6.54 Å². The van der Waals surface area contributed by atoms with Crippen LogP contribution in [0.15, 0.2) is 83.0 Å². The van der Waals surface area contributed by atoms with Gasteiger partial charge in [0.15, 0.2) is 5.69 Å². The zero-order valence-electron chi connectivity index (χ0n) is 17.7. The molecule has 0 unspecified atom stereocenters. The van der Waals surface area contributed by atoms with Gasteiger partial charge in [0.1, 0.15) is 5.03 Å². The van der Waals surface area contributed by atoms with Crippen LogP contribution in [0.1, 0.15) is 16.1 Å². The SMILES string of the molecule is O=C(NCC(=O)N1CCN(Cc2ccccc2)CC1)c1nccnc1Sc1ccccc1. The smallest absolute Gasteiger partial charge is 0.273 e. The van der Waals surface area contributed by atoms with Crippen molar-refractivity contribution in [3.8, 4) is 0 Å². The van der Waals surface area contributed by atoms with E-state index < -0.39 is 5.91 Å². The number of nitrogens with one attached hydrogen (secondary N) is 1. The number of carbonyl (C=O) groups is 2. The molecule has 32 heavy (non-hydrogen) atoms. The zero-order valence-corrected chi connectivity index (χ0v) is 18.5. The van der Waals surface area contributed by atoms with Crippen molar-refractivity contribution < 1.29 is 9.59 Å². The van der Waals surface area contributed by atoms with E-state index in [1.54, 1.807) is 11.1 Å². The van der Waals surface area contributed by atoms with Crippen LogP contribution in [0.4, 0.5) is 0 Å². The fourth-order valence-corrected chi connectivity index (χ4v) is 4.38. The second-order valence-electron chi connectivity index (χ2n) is 7.45. The monoisotopic (exact) mass is 447 g/mol. The largest absolute Gasteiger partial charge is 0.342 e. The Morgan fingerprint density at radius 3 is 2.25 bits per heavy atom. The molecule has 1 aliphatic rings. The van der Waals surface area contributed by atoms with Crippen molar-refractivity contribution in [2.24, 2.45) is 0 Å². The standard InChI is InChI=1S/C24H25N5O2S/c30-21(29-15-13-28(14-16-29)18-19-7-3-1-4-8-19)17-27-23(31)22-24(26-12-11-25-22)32-20-9-5-2-6-10-20/h1-12H,13-18H2,(H,27,31). The van der Waals surface area contributed by atoms with E-state index in [-0.39, 0.29) is 18.1 Å². The number of amides is 2. The van der Waals surface area contributed by atoms with Crippen molar-refractivity contribution in [2.75, 3.05) is 32.7 Å². The molecule has 164 valence electrons. The summed E-state index contributed by atoms with van der Waals surface area (Å²) in [5.41, 5.74) is 1.49. The molecule has 0 bridgehead atoms. The van der Waals surface area contributed by atoms with Crippen LogP contribution in [-0.4, -0.2) is 64.3 Å². The lowest BCUT2D eigenvalue weighted by Crippen LogP contribution is -2.50. The van der Waals surface area contributed by atoms with Crippen LogP contribution in [0.25, 0.3) is 0 Å². The van der Waals surface area contributed by atoms with Gasteiger partial charge in [0.25, 0.3) is 5.91 Å². The van der Waals surface area contributed by atoms with Gasteiger partial charge in [-0.15, -0.1) is 0 Å². The molecule has 8 heteroatoms. The van der Waals surface area contributed by atoms with Crippen LogP contribution in [0.2, 0.25) is 0 Å². The Morgan fingerprint density at radius 1 is 0.875 bits per heavy atom. The summed E-state index contributed by atoms with van der Waals surface area (Å²) in [6.07, 6.45) is 3.04. The van der Waals surface area contributed by atoms with Crippen molar-refractivity contribution in [2.45, 2.75) is 16.5 Å². The molecule has 2 heterocycles. The number of piperazine rings is 1. The lowest BCUT2D eigenvalue weighted by atomic mass is 10.2. The van der Waals surface area contributed by atoms with Gasteiger partial charge in [-0.2, -0.15) is 0 Å². The molecular weight excluding hydrogens is 422 g/mol. The normalized spacial score (nSPS) is 14.2. The second-order valence-corrected chi connectivity index (χ2v) is 8.51. The Hall–Kier alpha value is -3.23. The lowest BCUT2D eigenvalue weighted by Gasteiger charge is -2.34. The third kappa shape index (κ3) is 5.93. The maximum atomic E-state index is 12.7. The first-order valence-electron chi connectivity index (χ1n) is 10.6. The second kappa shape index (κ2) is 10.9. The summed E-state index contributed by atoms with van der Waals surface area (Å²) in [5, 5.41) is 3.23. The van der Waals surface area contributed by atoms with E-state index in [0.717, 1.165) is 24.5 Å². The average Bonchev–Trinajstić information content (AvgIpc) is 2.84. The van der Waals surface area contributed by atoms with E-state index in [1.165, 1.54) is 23.5 Å². The van der Waals surface area contributed by atoms with Gasteiger partial charge >= 0.3 is 0 Å². The van der Waals surface area contributed by atoms with Gasteiger partial charge in [-0.25, -0.2) is 9.97 Å². The highest BCUT2D eigenvalue weighted by molar-refractivity contribution is 7.99. The average molecular weight is 448 g/mol. The Kier molecular flexibility index (Phi) is 7.47. The van der Waals surface area contributed by atoms with Gasteiger partial charge in [0.2, 0.25) is 5.91 Å². The minimum absolute atomic E-state index is 0.0520. The predicted octanol–water partition coefficient (Wildman–Crippen LogP) is 2.70. The summed E-state index contributed by atoms with van der Waals surface area (Å²) in [6, 6.07) is 20.0. The Morgan fingerprint density at radius 2 is 1.53 bits per heavy atom. The number of aromatic nitrogens is 2. The molecule has 1 aromatic heterocycles. The number of hydrogen-bond donors (Lipinski definition) is 1. The van der Waals surface area contributed by atoms with Crippen LogP contribution in [0.3, 0.4) is 0 Å². The van der Waals surface area contributed by atoms with E-state index in [0.29, 0.717) is 18.1 Å². The summed E-state index contributed by atoms with van der Waals surface area (Å²) in [6.45, 7) is 3.77. The van der Waals surface area contributed by atoms with Crippen molar-refractivity contribution >= 4 is 23.6 Å². The molecule has 4 rings (SSSR count). The highest BCUT2D eigenvalue weighted by Gasteiger charge is 2.22. The van der Waals surface area contributed by atoms with Crippen LogP contribution < -0.4 is 5.32 Å². The quantitative estimate of drug-likeness (QED) is 0.600. The first-order valence-corrected chi connectivity index (χ1v) is 11.4. The molecule has 1 N–H and O–H groups in total. The summed E-state index contributed by atoms with van der Waals surface area (Å²) < 4.78 is 0.